The molecule has 1 rings (SSSR count). The van der Waals surface area contributed by atoms with Crippen LogP contribution in [0.2, 0.25) is 5.02 Å². The third-order valence-electron chi connectivity index (χ3n) is 1.97. The number of hydrogen-bond acceptors (Lipinski definition) is 3. The van der Waals surface area contributed by atoms with Gasteiger partial charge in [-0.2, -0.15) is 13.2 Å². The van der Waals surface area contributed by atoms with E-state index < -0.39 is 28.7 Å². The van der Waals surface area contributed by atoms with E-state index in [1.54, 1.807) is 5.32 Å². The van der Waals surface area contributed by atoms with Gasteiger partial charge in [-0.05, 0) is 18.2 Å². The lowest BCUT2D eigenvalue weighted by atomic mass is 10.2. The molecule has 10 heteroatoms. The van der Waals surface area contributed by atoms with Crippen molar-refractivity contribution < 1.29 is 26.4 Å². The minimum absolute atomic E-state index is 0.0165. The molecule has 0 bridgehead atoms. The summed E-state index contributed by atoms with van der Waals surface area (Å²) < 4.78 is 60.1. The lowest BCUT2D eigenvalue weighted by Gasteiger charge is -2.10. The molecule has 5 nitrogen and oxygen atoms in total. The quantitative estimate of drug-likeness (QED) is 0.886. The number of alkyl halides is 3. The summed E-state index contributed by atoms with van der Waals surface area (Å²) in [7, 11) is -3.62. The van der Waals surface area contributed by atoms with E-state index in [1.165, 1.54) is 12.1 Å². The molecule has 0 aliphatic carbocycles. The number of halogens is 4. The van der Waals surface area contributed by atoms with Crippen molar-refractivity contribution in [1.29, 1.82) is 0 Å². The predicted molar refractivity (Wildman–Crippen MR) is 68.3 cm³/mol. The number of carbonyl (C=O) groups excluding carboxylic acids is 1. The topological polar surface area (TPSA) is 75.3 Å². The normalized spacial score (nSPS) is 12.1. The summed E-state index contributed by atoms with van der Waals surface area (Å²) in [6.45, 7) is -1.48. The first-order valence-electron chi connectivity index (χ1n) is 5.10. The third kappa shape index (κ3) is 5.66. The van der Waals surface area contributed by atoms with E-state index in [9.17, 15) is 26.4 Å². The largest absolute Gasteiger partial charge is 0.405 e. The fraction of sp³-hybridized carbons (Fsp3) is 0.300. The van der Waals surface area contributed by atoms with E-state index in [4.69, 9.17) is 11.6 Å². The first-order valence-corrected chi connectivity index (χ1v) is 7.37. The van der Waals surface area contributed by atoms with Crippen LogP contribution in [0.25, 0.3) is 0 Å². The van der Waals surface area contributed by atoms with Gasteiger partial charge in [0.25, 0.3) is 5.91 Å². The molecule has 0 unspecified atom stereocenters. The van der Waals surface area contributed by atoms with Gasteiger partial charge in [-0.25, -0.2) is 8.42 Å². The standard InChI is InChI=1S/C10H10ClF3N2O3S/c1-20(18,19)16-8-4-6(2-3-7(8)11)9(17)15-5-10(12,13)14/h2-4,16H,5H2,1H3,(H,15,17). The highest BCUT2D eigenvalue weighted by Gasteiger charge is 2.28. The van der Waals surface area contributed by atoms with Crippen molar-refractivity contribution in [3.63, 3.8) is 0 Å². The highest BCUT2D eigenvalue weighted by atomic mass is 35.5. The summed E-state index contributed by atoms with van der Waals surface area (Å²) in [5, 5.41) is 1.68. The van der Waals surface area contributed by atoms with Crippen LogP contribution in [0, 0.1) is 0 Å². The number of rotatable bonds is 4. The van der Waals surface area contributed by atoms with Crippen LogP contribution < -0.4 is 10.0 Å². The van der Waals surface area contributed by atoms with Crippen molar-refractivity contribution in [2.24, 2.45) is 0 Å². The number of carbonyl (C=O) groups is 1. The van der Waals surface area contributed by atoms with Crippen molar-refractivity contribution in [2.45, 2.75) is 6.18 Å². The summed E-state index contributed by atoms with van der Waals surface area (Å²) >= 11 is 5.72. The van der Waals surface area contributed by atoms with Gasteiger partial charge in [0.2, 0.25) is 10.0 Å². The zero-order valence-electron chi connectivity index (χ0n) is 10.1. The van der Waals surface area contributed by atoms with Crippen LogP contribution in [0.3, 0.4) is 0 Å². The van der Waals surface area contributed by atoms with Crippen molar-refractivity contribution in [2.75, 3.05) is 17.5 Å². The summed E-state index contributed by atoms with van der Waals surface area (Å²) in [4.78, 5) is 11.5. The molecule has 0 aromatic heterocycles. The molecule has 0 heterocycles. The molecule has 0 atom stereocenters. The molecule has 0 spiro atoms. The number of hydrogen-bond donors (Lipinski definition) is 2. The number of nitrogens with one attached hydrogen (secondary N) is 2. The van der Waals surface area contributed by atoms with Gasteiger partial charge in [-0.3, -0.25) is 9.52 Å². The number of amides is 1. The van der Waals surface area contributed by atoms with E-state index in [0.29, 0.717) is 0 Å². The Kier molecular flexibility index (Phi) is 4.87. The minimum Gasteiger partial charge on any atom is -0.343 e. The first-order chi connectivity index (χ1) is 8.98. The van der Waals surface area contributed by atoms with Crippen molar-refractivity contribution in [3.05, 3.63) is 28.8 Å². The Bertz CT molecular complexity index is 617. The molecule has 0 saturated heterocycles. The van der Waals surface area contributed by atoms with Gasteiger partial charge in [-0.15, -0.1) is 0 Å². The van der Waals surface area contributed by atoms with Gasteiger partial charge in [0, 0.05) is 5.56 Å². The van der Waals surface area contributed by atoms with E-state index in [-0.39, 0.29) is 16.3 Å². The van der Waals surface area contributed by atoms with Gasteiger partial charge >= 0.3 is 6.18 Å². The monoisotopic (exact) mass is 330 g/mol. The van der Waals surface area contributed by atoms with Crippen LogP contribution in [0.15, 0.2) is 18.2 Å². The first kappa shape index (κ1) is 16.6. The van der Waals surface area contributed by atoms with Crippen LogP contribution in [0.4, 0.5) is 18.9 Å². The minimum atomic E-state index is -4.53. The summed E-state index contributed by atoms with van der Waals surface area (Å²) in [5.74, 6) is -0.990. The molecular weight excluding hydrogens is 321 g/mol. The average molecular weight is 331 g/mol. The molecule has 0 aliphatic rings. The zero-order valence-corrected chi connectivity index (χ0v) is 11.7. The Balaban J connectivity index is 2.92. The maximum Gasteiger partial charge on any atom is 0.405 e. The number of anilines is 1. The molecular formula is C10H10ClF3N2O3S. The Morgan fingerprint density at radius 2 is 1.95 bits per heavy atom. The van der Waals surface area contributed by atoms with Crippen LogP contribution >= 0.6 is 11.6 Å². The molecule has 1 aromatic rings. The molecule has 1 amide bonds. The zero-order chi connectivity index (χ0) is 15.6. The Hall–Kier alpha value is -1.48. The van der Waals surface area contributed by atoms with Crippen LogP contribution in [0.1, 0.15) is 10.4 Å². The maximum atomic E-state index is 12.0. The van der Waals surface area contributed by atoms with Gasteiger partial charge in [0.05, 0.1) is 17.0 Å². The fourth-order valence-electron chi connectivity index (χ4n) is 1.23. The highest BCUT2D eigenvalue weighted by Crippen LogP contribution is 2.24. The Morgan fingerprint density at radius 3 is 2.45 bits per heavy atom. The van der Waals surface area contributed by atoms with Gasteiger partial charge in [0.1, 0.15) is 6.54 Å². The maximum absolute atomic E-state index is 12.0. The molecule has 2 N–H and O–H groups in total. The van der Waals surface area contributed by atoms with Gasteiger partial charge < -0.3 is 5.32 Å². The van der Waals surface area contributed by atoms with Crippen LogP contribution in [0.5, 0.6) is 0 Å². The highest BCUT2D eigenvalue weighted by molar-refractivity contribution is 7.92. The SMILES string of the molecule is CS(=O)(=O)Nc1cc(C(=O)NCC(F)(F)F)ccc1Cl. The Morgan fingerprint density at radius 1 is 1.35 bits per heavy atom. The van der Waals surface area contributed by atoms with Crippen LogP contribution in [-0.2, 0) is 10.0 Å². The van der Waals surface area contributed by atoms with E-state index >= 15 is 0 Å². The predicted octanol–water partition coefficient (Wildman–Crippen LogP) is 2.00. The molecule has 0 fully saturated rings. The van der Waals surface area contributed by atoms with Gasteiger partial charge in [-0.1, -0.05) is 11.6 Å². The lowest BCUT2D eigenvalue weighted by molar-refractivity contribution is -0.123. The van der Waals surface area contributed by atoms with E-state index in [0.717, 1.165) is 12.3 Å². The van der Waals surface area contributed by atoms with Crippen molar-refractivity contribution >= 4 is 33.2 Å². The lowest BCUT2D eigenvalue weighted by Crippen LogP contribution is -2.33. The van der Waals surface area contributed by atoms with Crippen LogP contribution in [-0.4, -0.2) is 33.3 Å². The van der Waals surface area contributed by atoms with Crippen molar-refractivity contribution in [1.82, 2.24) is 5.32 Å². The van der Waals surface area contributed by atoms with E-state index in [1.807, 2.05) is 0 Å². The third-order valence-corrected chi connectivity index (χ3v) is 2.89. The van der Waals surface area contributed by atoms with Crippen molar-refractivity contribution in [3.8, 4) is 0 Å². The molecule has 1 aromatic carbocycles. The summed E-state index contributed by atoms with van der Waals surface area (Å²) in [5.41, 5.74) is -0.237. The second-order valence-electron chi connectivity index (χ2n) is 3.87. The number of benzene rings is 1. The Labute approximate surface area is 118 Å². The summed E-state index contributed by atoms with van der Waals surface area (Å²) in [6, 6.07) is 3.44. The van der Waals surface area contributed by atoms with Gasteiger partial charge in [0.15, 0.2) is 0 Å². The smallest absolute Gasteiger partial charge is 0.343 e. The average Bonchev–Trinajstić information content (AvgIpc) is 2.26. The second-order valence-corrected chi connectivity index (χ2v) is 6.02. The molecule has 0 saturated carbocycles. The molecule has 0 aliphatic heterocycles. The molecule has 112 valence electrons. The fourth-order valence-corrected chi connectivity index (χ4v) is 2.02. The molecule has 20 heavy (non-hydrogen) atoms. The summed E-state index contributed by atoms with van der Waals surface area (Å²) in [6.07, 6.45) is -3.66. The van der Waals surface area contributed by atoms with E-state index in [2.05, 4.69) is 4.72 Å². The number of sulfonamides is 1. The molecule has 0 radical (unpaired) electrons. The second kappa shape index (κ2) is 5.88.